The van der Waals surface area contributed by atoms with E-state index in [0.717, 1.165) is 55.0 Å². The molecule has 10 rings (SSSR count). The van der Waals surface area contributed by atoms with Crippen LogP contribution in [0.3, 0.4) is 0 Å². The van der Waals surface area contributed by atoms with Crippen LogP contribution in [0.25, 0.3) is 66.1 Å². The molecule has 9 aromatic rings. The summed E-state index contributed by atoms with van der Waals surface area (Å²) in [6.07, 6.45) is 0. The first kappa shape index (κ1) is 24.6. The van der Waals surface area contributed by atoms with Gasteiger partial charge in [-0.25, -0.2) is 0 Å². The number of fused-ring (bicyclic) bond motifs is 9. The molecule has 0 atom stereocenters. The van der Waals surface area contributed by atoms with Gasteiger partial charge in [0.1, 0.15) is 22.3 Å². The summed E-state index contributed by atoms with van der Waals surface area (Å²) < 4.78 is 12.8. The van der Waals surface area contributed by atoms with Gasteiger partial charge in [-0.15, -0.1) is 0 Å². The highest BCUT2D eigenvalue weighted by atomic mass is 16.3. The van der Waals surface area contributed by atoms with Crippen molar-refractivity contribution < 1.29 is 8.83 Å². The highest BCUT2D eigenvalue weighted by Crippen LogP contribution is 2.57. The van der Waals surface area contributed by atoms with E-state index >= 15 is 0 Å². The summed E-state index contributed by atoms with van der Waals surface area (Å²) in [6, 6.07) is 56.6. The van der Waals surface area contributed by atoms with Crippen molar-refractivity contribution in [1.82, 2.24) is 0 Å². The van der Waals surface area contributed by atoms with Crippen molar-refractivity contribution in [1.29, 1.82) is 0 Å². The molecule has 2 heteroatoms. The van der Waals surface area contributed by atoms with Crippen molar-refractivity contribution in [3.8, 4) is 22.3 Å². The van der Waals surface area contributed by atoms with Crippen molar-refractivity contribution in [3.05, 3.63) is 180 Å². The number of benzene rings is 7. The van der Waals surface area contributed by atoms with E-state index in [1.807, 2.05) is 12.1 Å². The SMILES string of the molecule is c1ccc(C2(c3ccccc3)c3ccccc3-c3cc4c(cc32)oc2cc(-c3ccc5oc6ccccc6c5c3)ccc24)cc1. The summed E-state index contributed by atoms with van der Waals surface area (Å²) in [7, 11) is 0. The third-order valence-electron chi connectivity index (χ3n) is 9.76. The Morgan fingerprint density at radius 2 is 0.911 bits per heavy atom. The third-order valence-corrected chi connectivity index (χ3v) is 9.76. The first-order valence-corrected chi connectivity index (χ1v) is 15.4. The molecule has 0 unspecified atom stereocenters. The molecule has 210 valence electrons. The fraction of sp³-hybridized carbons (Fsp3) is 0.0233. The molecular weight excluding hydrogens is 548 g/mol. The van der Waals surface area contributed by atoms with Gasteiger partial charge in [0.25, 0.3) is 0 Å². The Morgan fingerprint density at radius 3 is 1.73 bits per heavy atom. The molecule has 0 fully saturated rings. The van der Waals surface area contributed by atoms with Gasteiger partial charge >= 0.3 is 0 Å². The maximum absolute atomic E-state index is 6.73. The minimum atomic E-state index is -0.449. The third kappa shape index (κ3) is 3.34. The van der Waals surface area contributed by atoms with Gasteiger partial charge in [-0.2, -0.15) is 0 Å². The molecule has 1 aliphatic carbocycles. The lowest BCUT2D eigenvalue weighted by Gasteiger charge is -2.33. The van der Waals surface area contributed by atoms with Crippen LogP contribution in [-0.2, 0) is 5.41 Å². The molecular formula is C43H26O2. The Kier molecular flexibility index (Phi) is 4.95. The van der Waals surface area contributed by atoms with Crippen molar-refractivity contribution in [2.45, 2.75) is 5.41 Å². The zero-order valence-electron chi connectivity index (χ0n) is 24.3. The van der Waals surface area contributed by atoms with Crippen LogP contribution in [0.2, 0.25) is 0 Å². The van der Waals surface area contributed by atoms with Crippen LogP contribution in [0.15, 0.2) is 167 Å². The molecule has 0 saturated carbocycles. The van der Waals surface area contributed by atoms with E-state index in [0.29, 0.717) is 0 Å². The molecule has 0 radical (unpaired) electrons. The maximum atomic E-state index is 6.73. The van der Waals surface area contributed by atoms with Crippen molar-refractivity contribution in [3.63, 3.8) is 0 Å². The smallest absolute Gasteiger partial charge is 0.136 e. The van der Waals surface area contributed by atoms with Crippen molar-refractivity contribution in [2.24, 2.45) is 0 Å². The van der Waals surface area contributed by atoms with Crippen LogP contribution in [0.5, 0.6) is 0 Å². The second kappa shape index (κ2) is 9.07. The molecule has 0 amide bonds. The van der Waals surface area contributed by atoms with E-state index in [1.165, 1.54) is 33.4 Å². The molecule has 0 spiro atoms. The fourth-order valence-electron chi connectivity index (χ4n) is 7.80. The van der Waals surface area contributed by atoms with Gasteiger partial charge in [-0.1, -0.05) is 115 Å². The number of para-hydroxylation sites is 1. The molecule has 0 saturated heterocycles. The Morgan fingerprint density at radius 1 is 0.333 bits per heavy atom. The molecule has 0 bridgehead atoms. The highest BCUT2D eigenvalue weighted by molar-refractivity contribution is 6.10. The van der Waals surface area contributed by atoms with Crippen LogP contribution in [0, 0.1) is 0 Å². The van der Waals surface area contributed by atoms with Crippen LogP contribution in [0.4, 0.5) is 0 Å². The lowest BCUT2D eigenvalue weighted by Crippen LogP contribution is -2.28. The molecule has 7 aromatic carbocycles. The normalized spacial score (nSPS) is 13.5. The Labute approximate surface area is 259 Å². The van der Waals surface area contributed by atoms with Gasteiger partial charge in [0.05, 0.1) is 5.41 Å². The Bertz CT molecular complexity index is 2550. The summed E-state index contributed by atoms with van der Waals surface area (Å²) in [5.41, 5.74) is 13.0. The zero-order valence-corrected chi connectivity index (χ0v) is 24.3. The molecule has 1 aliphatic rings. The predicted octanol–water partition coefficient (Wildman–Crippen LogP) is 11.5. The lowest BCUT2D eigenvalue weighted by atomic mass is 9.67. The summed E-state index contributed by atoms with van der Waals surface area (Å²) in [5.74, 6) is 0. The molecule has 2 aromatic heterocycles. The first-order chi connectivity index (χ1) is 22.3. The molecule has 0 aliphatic heterocycles. The second-order valence-electron chi connectivity index (χ2n) is 12.0. The molecule has 0 N–H and O–H groups in total. The lowest BCUT2D eigenvalue weighted by molar-refractivity contribution is 0.666. The standard InChI is InChI=1S/C43H26O2/c1-3-11-29(12-4-1)43(30-13-5-2-6-14-30)37-17-9-7-15-31(37)34-25-36-33-21-19-28(24-41(33)45-42(36)26-38(34)43)27-20-22-40-35(23-27)32-16-8-10-18-39(32)44-40/h1-26H. The molecule has 2 nitrogen and oxygen atoms in total. The summed E-state index contributed by atoms with van der Waals surface area (Å²) in [5, 5.41) is 4.52. The largest absolute Gasteiger partial charge is 0.456 e. The number of furan rings is 2. The van der Waals surface area contributed by atoms with Gasteiger partial charge in [-0.3, -0.25) is 0 Å². The summed E-state index contributed by atoms with van der Waals surface area (Å²) in [4.78, 5) is 0. The first-order valence-electron chi connectivity index (χ1n) is 15.4. The van der Waals surface area contributed by atoms with Crippen LogP contribution < -0.4 is 0 Å². The van der Waals surface area contributed by atoms with Gasteiger partial charge in [0.2, 0.25) is 0 Å². The van der Waals surface area contributed by atoms with Crippen molar-refractivity contribution >= 4 is 43.9 Å². The van der Waals surface area contributed by atoms with E-state index < -0.39 is 5.41 Å². The van der Waals surface area contributed by atoms with E-state index in [-0.39, 0.29) is 0 Å². The van der Waals surface area contributed by atoms with Crippen molar-refractivity contribution in [2.75, 3.05) is 0 Å². The van der Waals surface area contributed by atoms with E-state index in [4.69, 9.17) is 8.83 Å². The minimum absolute atomic E-state index is 0.449. The van der Waals surface area contributed by atoms with Gasteiger partial charge in [0, 0.05) is 21.5 Å². The quantitative estimate of drug-likeness (QED) is 0.210. The zero-order chi connectivity index (χ0) is 29.5. The van der Waals surface area contributed by atoms with Gasteiger partial charge < -0.3 is 8.83 Å². The Hall–Kier alpha value is -5.86. The predicted molar refractivity (Wildman–Crippen MR) is 184 cm³/mol. The van der Waals surface area contributed by atoms with Gasteiger partial charge in [-0.05, 0) is 87.0 Å². The average molecular weight is 575 g/mol. The molecule has 45 heavy (non-hydrogen) atoms. The van der Waals surface area contributed by atoms with Crippen LogP contribution >= 0.6 is 0 Å². The van der Waals surface area contributed by atoms with E-state index in [9.17, 15) is 0 Å². The summed E-state index contributed by atoms with van der Waals surface area (Å²) >= 11 is 0. The van der Waals surface area contributed by atoms with E-state index in [1.54, 1.807) is 0 Å². The maximum Gasteiger partial charge on any atom is 0.136 e. The number of rotatable bonds is 3. The monoisotopic (exact) mass is 574 g/mol. The van der Waals surface area contributed by atoms with Crippen LogP contribution in [-0.4, -0.2) is 0 Å². The number of hydrogen-bond donors (Lipinski definition) is 0. The highest BCUT2D eigenvalue weighted by Gasteiger charge is 2.46. The Balaban J connectivity index is 1.21. The molecule has 2 heterocycles. The van der Waals surface area contributed by atoms with E-state index in [2.05, 4.69) is 146 Å². The minimum Gasteiger partial charge on any atom is -0.456 e. The van der Waals surface area contributed by atoms with Gasteiger partial charge in [0.15, 0.2) is 0 Å². The second-order valence-corrected chi connectivity index (χ2v) is 12.0. The topological polar surface area (TPSA) is 26.3 Å². The fourth-order valence-corrected chi connectivity index (χ4v) is 7.80. The number of hydrogen-bond acceptors (Lipinski definition) is 2. The average Bonchev–Trinajstić information content (AvgIpc) is 3.75. The summed E-state index contributed by atoms with van der Waals surface area (Å²) in [6.45, 7) is 0. The van der Waals surface area contributed by atoms with Crippen LogP contribution in [0.1, 0.15) is 22.3 Å².